The van der Waals surface area contributed by atoms with Crippen LogP contribution in [0, 0.1) is 5.92 Å². The van der Waals surface area contributed by atoms with Crippen LogP contribution >= 0.6 is 0 Å². The van der Waals surface area contributed by atoms with E-state index in [1.807, 2.05) is 0 Å². The Hall–Kier alpha value is -0.0800. The molecule has 0 radical (unpaired) electrons. The zero-order valence-corrected chi connectivity index (χ0v) is 13.7. The van der Waals surface area contributed by atoms with Gasteiger partial charge in [-0.3, -0.25) is 0 Å². The Bertz CT molecular complexity index is 195. The van der Waals surface area contributed by atoms with Crippen molar-refractivity contribution in [3.8, 4) is 0 Å². The van der Waals surface area contributed by atoms with Crippen LogP contribution in [0.3, 0.4) is 0 Å². The van der Waals surface area contributed by atoms with Gasteiger partial charge in [-0.2, -0.15) is 0 Å². The van der Waals surface area contributed by atoms with Gasteiger partial charge in [-0.1, -0.05) is 52.9 Å². The highest BCUT2D eigenvalue weighted by Crippen LogP contribution is 2.10. The molecule has 0 aromatic heterocycles. The van der Waals surface area contributed by atoms with Crippen LogP contribution in [-0.4, -0.2) is 49.1 Å². The van der Waals surface area contributed by atoms with Crippen molar-refractivity contribution in [3.63, 3.8) is 0 Å². The third kappa shape index (κ3) is 8.65. The summed E-state index contributed by atoms with van der Waals surface area (Å²) < 4.78 is 0. The van der Waals surface area contributed by atoms with Crippen molar-refractivity contribution in [3.05, 3.63) is 0 Å². The van der Waals surface area contributed by atoms with E-state index in [0.717, 1.165) is 5.92 Å². The molecule has 0 aliphatic carbocycles. The van der Waals surface area contributed by atoms with E-state index in [1.54, 1.807) is 0 Å². The smallest absolute Gasteiger partial charge is 0.0110 e. The van der Waals surface area contributed by atoms with Crippen LogP contribution in [0.1, 0.15) is 65.7 Å². The lowest BCUT2D eigenvalue weighted by Gasteiger charge is -2.34. The molecular formula is C17H36N2. The number of nitrogens with zero attached hydrogens (tertiary/aromatic N) is 2. The van der Waals surface area contributed by atoms with Gasteiger partial charge in [-0.25, -0.2) is 0 Å². The fourth-order valence-corrected chi connectivity index (χ4v) is 2.86. The molecule has 0 spiro atoms. The molecule has 2 heteroatoms. The molecule has 1 fully saturated rings. The Balaban J connectivity index is 1.92. The van der Waals surface area contributed by atoms with E-state index in [1.165, 1.54) is 84.2 Å². The molecule has 0 bridgehead atoms. The van der Waals surface area contributed by atoms with E-state index in [2.05, 4.69) is 30.6 Å². The van der Waals surface area contributed by atoms with Gasteiger partial charge in [0.15, 0.2) is 0 Å². The summed E-state index contributed by atoms with van der Waals surface area (Å²) in [5.41, 5.74) is 0. The first kappa shape index (κ1) is 17.0. The minimum atomic E-state index is 0.885. The molecule has 1 aliphatic heterocycles. The summed E-state index contributed by atoms with van der Waals surface area (Å²) in [6.07, 6.45) is 9.83. The van der Waals surface area contributed by atoms with Crippen LogP contribution in [0.15, 0.2) is 0 Å². The average Bonchev–Trinajstić information content (AvgIpc) is 2.41. The molecule has 1 saturated heterocycles. The molecule has 19 heavy (non-hydrogen) atoms. The molecule has 0 N–H and O–H groups in total. The standard InChI is InChI=1S/C17H36N2/c1-4-5-11-18-13-15-19(16-14-18)12-9-7-6-8-10-17(2)3/h17H,4-16H2,1-3H3. The van der Waals surface area contributed by atoms with Gasteiger partial charge in [0.2, 0.25) is 0 Å². The lowest BCUT2D eigenvalue weighted by Crippen LogP contribution is -2.46. The van der Waals surface area contributed by atoms with Crippen LogP contribution < -0.4 is 0 Å². The Morgan fingerprint density at radius 1 is 0.737 bits per heavy atom. The normalized spacial score (nSPS) is 18.3. The molecule has 0 amide bonds. The first-order chi connectivity index (χ1) is 9.22. The van der Waals surface area contributed by atoms with Gasteiger partial charge in [0.05, 0.1) is 0 Å². The Morgan fingerprint density at radius 3 is 1.79 bits per heavy atom. The molecule has 0 saturated carbocycles. The molecule has 0 unspecified atom stereocenters. The number of hydrogen-bond donors (Lipinski definition) is 0. The van der Waals surface area contributed by atoms with Crippen molar-refractivity contribution in [1.29, 1.82) is 0 Å². The Morgan fingerprint density at radius 2 is 1.26 bits per heavy atom. The average molecular weight is 268 g/mol. The minimum Gasteiger partial charge on any atom is -0.301 e. The van der Waals surface area contributed by atoms with Gasteiger partial charge in [-0.15, -0.1) is 0 Å². The van der Waals surface area contributed by atoms with Gasteiger partial charge < -0.3 is 9.80 Å². The second kappa shape index (κ2) is 10.7. The van der Waals surface area contributed by atoms with E-state index >= 15 is 0 Å². The largest absolute Gasteiger partial charge is 0.301 e. The highest BCUT2D eigenvalue weighted by atomic mass is 15.3. The van der Waals surface area contributed by atoms with Crippen LogP contribution in [0.4, 0.5) is 0 Å². The quantitative estimate of drug-likeness (QED) is 0.552. The van der Waals surface area contributed by atoms with Gasteiger partial charge in [0, 0.05) is 26.2 Å². The topological polar surface area (TPSA) is 6.48 Å². The summed E-state index contributed by atoms with van der Waals surface area (Å²) in [6, 6.07) is 0. The monoisotopic (exact) mass is 268 g/mol. The van der Waals surface area contributed by atoms with E-state index < -0.39 is 0 Å². The van der Waals surface area contributed by atoms with Gasteiger partial charge >= 0.3 is 0 Å². The third-order valence-corrected chi connectivity index (χ3v) is 4.30. The van der Waals surface area contributed by atoms with Gasteiger partial charge in [-0.05, 0) is 31.8 Å². The van der Waals surface area contributed by atoms with Crippen LogP contribution in [0.5, 0.6) is 0 Å². The fourth-order valence-electron chi connectivity index (χ4n) is 2.86. The summed E-state index contributed by atoms with van der Waals surface area (Å²) in [6.45, 7) is 14.8. The molecule has 0 aromatic carbocycles. The second-order valence-electron chi connectivity index (χ2n) is 6.63. The van der Waals surface area contributed by atoms with Crippen LogP contribution in [0.2, 0.25) is 0 Å². The zero-order chi connectivity index (χ0) is 13.9. The maximum atomic E-state index is 2.67. The maximum absolute atomic E-state index is 2.67. The van der Waals surface area contributed by atoms with Crippen molar-refractivity contribution in [2.75, 3.05) is 39.3 Å². The lowest BCUT2D eigenvalue weighted by atomic mass is 10.0. The number of piperazine rings is 1. The summed E-state index contributed by atoms with van der Waals surface area (Å²) in [5, 5.41) is 0. The van der Waals surface area contributed by atoms with E-state index in [9.17, 15) is 0 Å². The Labute approximate surface area is 121 Å². The van der Waals surface area contributed by atoms with Crippen molar-refractivity contribution in [1.82, 2.24) is 9.80 Å². The fraction of sp³-hybridized carbons (Fsp3) is 1.00. The first-order valence-corrected chi connectivity index (χ1v) is 8.67. The zero-order valence-electron chi connectivity index (χ0n) is 13.7. The lowest BCUT2D eigenvalue weighted by molar-refractivity contribution is 0.129. The van der Waals surface area contributed by atoms with Crippen LogP contribution in [0.25, 0.3) is 0 Å². The molecule has 0 aromatic rings. The summed E-state index contributed by atoms with van der Waals surface area (Å²) in [4.78, 5) is 5.31. The number of unbranched alkanes of at least 4 members (excludes halogenated alkanes) is 4. The summed E-state index contributed by atoms with van der Waals surface area (Å²) >= 11 is 0. The first-order valence-electron chi connectivity index (χ1n) is 8.67. The molecule has 2 nitrogen and oxygen atoms in total. The molecule has 0 atom stereocenters. The van der Waals surface area contributed by atoms with Gasteiger partial charge in [0.1, 0.15) is 0 Å². The molecular weight excluding hydrogens is 232 g/mol. The van der Waals surface area contributed by atoms with E-state index in [4.69, 9.17) is 0 Å². The molecule has 1 aliphatic rings. The van der Waals surface area contributed by atoms with Gasteiger partial charge in [0.25, 0.3) is 0 Å². The predicted molar refractivity (Wildman–Crippen MR) is 85.7 cm³/mol. The highest BCUT2D eigenvalue weighted by Gasteiger charge is 2.15. The second-order valence-corrected chi connectivity index (χ2v) is 6.63. The van der Waals surface area contributed by atoms with Crippen molar-refractivity contribution in [2.45, 2.75) is 65.7 Å². The number of rotatable bonds is 10. The van der Waals surface area contributed by atoms with Crippen molar-refractivity contribution in [2.24, 2.45) is 5.92 Å². The minimum absolute atomic E-state index is 0.885. The molecule has 1 heterocycles. The summed E-state index contributed by atoms with van der Waals surface area (Å²) in [7, 11) is 0. The van der Waals surface area contributed by atoms with Crippen molar-refractivity contribution < 1.29 is 0 Å². The van der Waals surface area contributed by atoms with Crippen molar-refractivity contribution >= 4 is 0 Å². The van der Waals surface area contributed by atoms with E-state index in [0.29, 0.717) is 0 Å². The SMILES string of the molecule is CCCCN1CCN(CCCCCCC(C)C)CC1. The molecule has 1 rings (SSSR count). The Kier molecular flexibility index (Phi) is 9.54. The predicted octanol–water partition coefficient (Wildman–Crippen LogP) is 4.01. The number of hydrogen-bond acceptors (Lipinski definition) is 2. The summed E-state index contributed by atoms with van der Waals surface area (Å²) in [5.74, 6) is 0.885. The highest BCUT2D eigenvalue weighted by molar-refractivity contribution is 4.71. The molecule has 114 valence electrons. The van der Waals surface area contributed by atoms with Crippen LogP contribution in [-0.2, 0) is 0 Å². The van der Waals surface area contributed by atoms with E-state index in [-0.39, 0.29) is 0 Å². The maximum Gasteiger partial charge on any atom is 0.0110 e. The third-order valence-electron chi connectivity index (χ3n) is 4.30.